The van der Waals surface area contributed by atoms with Crippen LogP contribution >= 0.6 is 23.4 Å². The molecule has 1 aromatic heterocycles. The molecule has 0 saturated heterocycles. The fourth-order valence-electron chi connectivity index (χ4n) is 3.57. The standard InChI is InChI=1S/C20H27ClN4OS/c1-12-6-5-7-17(13(12)2)22-19(26)14(3)27-20-24-23-18(25(20)4)15-8-10-16(21)11-9-15/h8-14,17H,5-7H2,1-4H3,(H,22,26)/t12-,13+,14+,17+/m0/s1. The number of halogens is 1. The monoisotopic (exact) mass is 406 g/mol. The fourth-order valence-corrected chi connectivity index (χ4v) is 4.52. The summed E-state index contributed by atoms with van der Waals surface area (Å²) in [5.74, 6) is 2.01. The maximum atomic E-state index is 12.7. The van der Waals surface area contributed by atoms with Crippen LogP contribution in [0.1, 0.15) is 40.0 Å². The number of carbonyl (C=O) groups is 1. The Hall–Kier alpha value is -1.53. The van der Waals surface area contributed by atoms with Crippen molar-refractivity contribution in [3.05, 3.63) is 29.3 Å². The van der Waals surface area contributed by atoms with Gasteiger partial charge in [-0.1, -0.05) is 50.1 Å². The van der Waals surface area contributed by atoms with E-state index in [2.05, 4.69) is 29.4 Å². The summed E-state index contributed by atoms with van der Waals surface area (Å²) < 4.78 is 1.92. The predicted octanol–water partition coefficient (Wildman–Crippen LogP) is 4.56. The van der Waals surface area contributed by atoms with Crippen molar-refractivity contribution in [2.45, 2.75) is 56.5 Å². The molecule has 0 bridgehead atoms. The van der Waals surface area contributed by atoms with E-state index in [1.165, 1.54) is 24.6 Å². The molecule has 146 valence electrons. The molecule has 0 radical (unpaired) electrons. The van der Waals surface area contributed by atoms with Crippen LogP contribution in [0.5, 0.6) is 0 Å². The van der Waals surface area contributed by atoms with Gasteiger partial charge in [0.2, 0.25) is 5.91 Å². The van der Waals surface area contributed by atoms with Crippen LogP contribution in [0, 0.1) is 11.8 Å². The quantitative estimate of drug-likeness (QED) is 0.739. The van der Waals surface area contributed by atoms with Crippen molar-refractivity contribution in [3.63, 3.8) is 0 Å². The summed E-state index contributed by atoms with van der Waals surface area (Å²) in [6.45, 7) is 6.44. The molecule has 0 unspecified atom stereocenters. The zero-order valence-electron chi connectivity index (χ0n) is 16.3. The van der Waals surface area contributed by atoms with Crippen LogP contribution in [-0.4, -0.2) is 32.0 Å². The molecule has 1 amide bonds. The summed E-state index contributed by atoms with van der Waals surface area (Å²) in [5.41, 5.74) is 0.948. The van der Waals surface area contributed by atoms with Gasteiger partial charge < -0.3 is 9.88 Å². The van der Waals surface area contributed by atoms with Gasteiger partial charge in [0.25, 0.3) is 0 Å². The number of thioether (sulfide) groups is 1. The van der Waals surface area contributed by atoms with Gasteiger partial charge in [-0.15, -0.1) is 10.2 Å². The largest absolute Gasteiger partial charge is 0.352 e. The highest BCUT2D eigenvalue weighted by molar-refractivity contribution is 8.00. The number of benzene rings is 1. The minimum atomic E-state index is -0.226. The van der Waals surface area contributed by atoms with E-state index in [0.717, 1.165) is 23.0 Å². The first-order valence-corrected chi connectivity index (χ1v) is 10.7. The lowest BCUT2D eigenvalue weighted by Gasteiger charge is -2.35. The van der Waals surface area contributed by atoms with Crippen molar-refractivity contribution in [2.75, 3.05) is 0 Å². The van der Waals surface area contributed by atoms with Gasteiger partial charge in [0.15, 0.2) is 11.0 Å². The van der Waals surface area contributed by atoms with Crippen molar-refractivity contribution in [1.29, 1.82) is 0 Å². The smallest absolute Gasteiger partial charge is 0.233 e. The SMILES string of the molecule is C[C@@H]1[C@@H](C)CCC[C@H]1NC(=O)[C@@H](C)Sc1nnc(-c2ccc(Cl)cc2)n1C. The molecule has 4 atom stereocenters. The lowest BCUT2D eigenvalue weighted by molar-refractivity contribution is -0.121. The van der Waals surface area contributed by atoms with Gasteiger partial charge in [0.05, 0.1) is 5.25 Å². The van der Waals surface area contributed by atoms with Gasteiger partial charge in [0.1, 0.15) is 0 Å². The molecule has 1 aliphatic carbocycles. The van der Waals surface area contributed by atoms with E-state index < -0.39 is 0 Å². The molecule has 7 heteroatoms. The molecule has 0 spiro atoms. The molecular formula is C20H27ClN4OS. The number of aromatic nitrogens is 3. The summed E-state index contributed by atoms with van der Waals surface area (Å²) in [5, 5.41) is 13.0. The number of hydrogen-bond donors (Lipinski definition) is 1. The first-order chi connectivity index (χ1) is 12.9. The van der Waals surface area contributed by atoms with E-state index in [9.17, 15) is 4.79 Å². The Morgan fingerprint density at radius 3 is 2.67 bits per heavy atom. The summed E-state index contributed by atoms with van der Waals surface area (Å²) in [7, 11) is 1.92. The predicted molar refractivity (Wildman–Crippen MR) is 111 cm³/mol. The van der Waals surface area contributed by atoms with Gasteiger partial charge in [0, 0.05) is 23.7 Å². The molecular weight excluding hydrogens is 380 g/mol. The van der Waals surface area contributed by atoms with Crippen LogP contribution in [0.15, 0.2) is 29.4 Å². The molecule has 1 fully saturated rings. The average Bonchev–Trinajstić information content (AvgIpc) is 3.00. The first-order valence-electron chi connectivity index (χ1n) is 9.49. The molecule has 1 aliphatic rings. The first kappa shape index (κ1) is 20.2. The second-order valence-electron chi connectivity index (χ2n) is 7.51. The Bertz CT molecular complexity index is 792. The zero-order chi connectivity index (χ0) is 19.6. The summed E-state index contributed by atoms with van der Waals surface area (Å²) in [4.78, 5) is 12.7. The van der Waals surface area contributed by atoms with Crippen LogP contribution in [0.25, 0.3) is 11.4 Å². The van der Waals surface area contributed by atoms with Crippen LogP contribution in [0.4, 0.5) is 0 Å². The molecule has 0 aliphatic heterocycles. The van der Waals surface area contributed by atoms with E-state index in [1.54, 1.807) is 0 Å². The number of carbonyl (C=O) groups excluding carboxylic acids is 1. The molecule has 3 rings (SSSR count). The Morgan fingerprint density at radius 2 is 1.96 bits per heavy atom. The Kier molecular flexibility index (Phi) is 6.48. The highest BCUT2D eigenvalue weighted by Crippen LogP contribution is 2.31. The van der Waals surface area contributed by atoms with E-state index >= 15 is 0 Å². The normalized spacial score (nSPS) is 23.8. The molecule has 1 N–H and O–H groups in total. The van der Waals surface area contributed by atoms with E-state index in [0.29, 0.717) is 16.9 Å². The molecule has 1 aromatic carbocycles. The number of nitrogens with one attached hydrogen (secondary N) is 1. The van der Waals surface area contributed by atoms with Crippen molar-refractivity contribution in [2.24, 2.45) is 18.9 Å². The van der Waals surface area contributed by atoms with Gasteiger partial charge in [-0.05, 0) is 49.4 Å². The molecule has 27 heavy (non-hydrogen) atoms. The average molecular weight is 407 g/mol. The molecule has 1 saturated carbocycles. The minimum absolute atomic E-state index is 0.0713. The number of hydrogen-bond acceptors (Lipinski definition) is 4. The molecule has 5 nitrogen and oxygen atoms in total. The Morgan fingerprint density at radius 1 is 1.26 bits per heavy atom. The van der Waals surface area contributed by atoms with Crippen molar-refractivity contribution in [3.8, 4) is 11.4 Å². The summed E-state index contributed by atoms with van der Waals surface area (Å²) in [6, 6.07) is 7.78. The van der Waals surface area contributed by atoms with Gasteiger partial charge in [-0.25, -0.2) is 0 Å². The zero-order valence-corrected chi connectivity index (χ0v) is 17.8. The molecule has 2 aromatic rings. The summed E-state index contributed by atoms with van der Waals surface area (Å²) >= 11 is 7.39. The van der Waals surface area contributed by atoms with Crippen molar-refractivity contribution >= 4 is 29.3 Å². The number of amides is 1. The lowest BCUT2D eigenvalue weighted by Crippen LogP contribution is -2.46. The second-order valence-corrected chi connectivity index (χ2v) is 9.26. The second kappa shape index (κ2) is 8.65. The van der Waals surface area contributed by atoms with E-state index in [4.69, 9.17) is 11.6 Å². The number of nitrogens with zero attached hydrogens (tertiary/aromatic N) is 3. The van der Waals surface area contributed by atoms with E-state index in [1.807, 2.05) is 42.8 Å². The lowest BCUT2D eigenvalue weighted by atomic mass is 9.78. The fraction of sp³-hybridized carbons (Fsp3) is 0.550. The van der Waals surface area contributed by atoms with Gasteiger partial charge >= 0.3 is 0 Å². The number of rotatable bonds is 5. The third kappa shape index (κ3) is 4.66. The van der Waals surface area contributed by atoms with Crippen LogP contribution in [0.2, 0.25) is 5.02 Å². The highest BCUT2D eigenvalue weighted by Gasteiger charge is 2.30. The highest BCUT2D eigenvalue weighted by atomic mass is 35.5. The van der Waals surface area contributed by atoms with Crippen LogP contribution in [0.3, 0.4) is 0 Å². The Labute approximate surface area is 170 Å². The van der Waals surface area contributed by atoms with E-state index in [-0.39, 0.29) is 17.2 Å². The Balaban J connectivity index is 1.64. The topological polar surface area (TPSA) is 59.8 Å². The van der Waals surface area contributed by atoms with Crippen molar-refractivity contribution < 1.29 is 4.79 Å². The minimum Gasteiger partial charge on any atom is -0.352 e. The summed E-state index contributed by atoms with van der Waals surface area (Å²) in [6.07, 6.45) is 3.51. The maximum absolute atomic E-state index is 12.7. The van der Waals surface area contributed by atoms with Gasteiger partial charge in [-0.3, -0.25) is 4.79 Å². The third-order valence-corrected chi connectivity index (χ3v) is 7.01. The molecule has 1 heterocycles. The third-order valence-electron chi connectivity index (χ3n) is 5.62. The van der Waals surface area contributed by atoms with Gasteiger partial charge in [-0.2, -0.15) is 0 Å². The van der Waals surface area contributed by atoms with Crippen LogP contribution in [-0.2, 0) is 11.8 Å². The van der Waals surface area contributed by atoms with Crippen LogP contribution < -0.4 is 5.32 Å². The maximum Gasteiger partial charge on any atom is 0.233 e. The van der Waals surface area contributed by atoms with Crippen molar-refractivity contribution in [1.82, 2.24) is 20.1 Å².